The third-order valence-electron chi connectivity index (χ3n) is 2.36. The highest BCUT2D eigenvalue weighted by molar-refractivity contribution is 7.21. The molecule has 7 heteroatoms. The number of alkyl halides is 1. The molecular weight excluding hydrogens is 274 g/mol. The molecule has 18 heavy (non-hydrogen) atoms. The predicted molar refractivity (Wildman–Crippen MR) is 69.0 cm³/mol. The highest BCUT2D eigenvalue weighted by Crippen LogP contribution is 2.31. The zero-order chi connectivity index (χ0) is 12.5. The van der Waals surface area contributed by atoms with E-state index in [4.69, 9.17) is 20.8 Å². The van der Waals surface area contributed by atoms with Gasteiger partial charge >= 0.3 is 0 Å². The average molecular weight is 282 g/mol. The summed E-state index contributed by atoms with van der Waals surface area (Å²) in [6, 6.07) is 5.69. The van der Waals surface area contributed by atoms with Crippen molar-refractivity contribution in [3.05, 3.63) is 24.1 Å². The maximum Gasteiger partial charge on any atom is 0.276 e. The van der Waals surface area contributed by atoms with E-state index in [0.717, 1.165) is 16.0 Å². The molecule has 0 radical (unpaired) electrons. The second-order valence-electron chi connectivity index (χ2n) is 3.49. The lowest BCUT2D eigenvalue weighted by atomic mass is 10.3. The van der Waals surface area contributed by atoms with Gasteiger partial charge in [0.15, 0.2) is 5.01 Å². The second-order valence-corrected chi connectivity index (χ2v) is 4.79. The monoisotopic (exact) mass is 281 g/mol. The summed E-state index contributed by atoms with van der Waals surface area (Å²) in [5, 5.41) is 8.40. The molecule has 1 aromatic carbocycles. The van der Waals surface area contributed by atoms with Crippen molar-refractivity contribution in [3.63, 3.8) is 0 Å². The lowest BCUT2D eigenvalue weighted by molar-refractivity contribution is 0.415. The minimum absolute atomic E-state index is 0.200. The van der Waals surface area contributed by atoms with E-state index >= 15 is 0 Å². The van der Waals surface area contributed by atoms with Crippen molar-refractivity contribution < 1.29 is 9.15 Å². The highest BCUT2D eigenvalue weighted by Gasteiger charge is 2.13. The average Bonchev–Trinajstić information content (AvgIpc) is 3.03. The van der Waals surface area contributed by atoms with Gasteiger partial charge in [-0.2, -0.15) is 0 Å². The summed E-state index contributed by atoms with van der Waals surface area (Å²) in [4.78, 5) is 4.43. The standard InChI is InChI=1S/C11H8ClN3O2S/c1-16-6-2-3-7-8(4-6)18-11(13-7)10-15-14-9(5-12)17-10/h2-4H,5H2,1H3. The van der Waals surface area contributed by atoms with E-state index in [9.17, 15) is 0 Å². The van der Waals surface area contributed by atoms with Crippen LogP contribution in [-0.2, 0) is 5.88 Å². The number of aromatic nitrogens is 3. The molecule has 3 rings (SSSR count). The molecule has 92 valence electrons. The first-order chi connectivity index (χ1) is 8.80. The zero-order valence-electron chi connectivity index (χ0n) is 9.38. The van der Waals surface area contributed by atoms with Crippen LogP contribution in [0.4, 0.5) is 0 Å². The number of benzene rings is 1. The summed E-state index contributed by atoms with van der Waals surface area (Å²) >= 11 is 7.09. The molecule has 0 aliphatic rings. The normalized spacial score (nSPS) is 11.0. The van der Waals surface area contributed by atoms with Crippen LogP contribution < -0.4 is 4.74 Å². The Labute approximate surface area is 111 Å². The number of nitrogens with zero attached hydrogens (tertiary/aromatic N) is 3. The zero-order valence-corrected chi connectivity index (χ0v) is 11.0. The number of hydrogen-bond acceptors (Lipinski definition) is 6. The van der Waals surface area contributed by atoms with E-state index in [0.29, 0.717) is 16.8 Å². The van der Waals surface area contributed by atoms with Crippen LogP contribution in [0.2, 0.25) is 0 Å². The number of methoxy groups -OCH3 is 1. The number of thiazole rings is 1. The first-order valence-corrected chi connectivity index (χ1v) is 6.48. The molecular formula is C11H8ClN3O2S. The van der Waals surface area contributed by atoms with Gasteiger partial charge in [-0.3, -0.25) is 0 Å². The van der Waals surface area contributed by atoms with E-state index in [1.165, 1.54) is 11.3 Å². The molecule has 3 aromatic rings. The van der Waals surface area contributed by atoms with Gasteiger partial charge in [0, 0.05) is 0 Å². The minimum atomic E-state index is 0.200. The van der Waals surface area contributed by atoms with Crippen LogP contribution in [0.25, 0.3) is 21.1 Å². The van der Waals surface area contributed by atoms with Crippen molar-refractivity contribution in [2.24, 2.45) is 0 Å². The maximum absolute atomic E-state index is 5.62. The Morgan fingerprint density at radius 2 is 2.28 bits per heavy atom. The van der Waals surface area contributed by atoms with E-state index < -0.39 is 0 Å². The molecule has 0 atom stereocenters. The van der Waals surface area contributed by atoms with E-state index in [1.54, 1.807) is 7.11 Å². The number of fused-ring (bicyclic) bond motifs is 1. The molecule has 0 N–H and O–H groups in total. The summed E-state index contributed by atoms with van der Waals surface area (Å²) in [5.41, 5.74) is 0.876. The molecule has 2 heterocycles. The van der Waals surface area contributed by atoms with Crippen molar-refractivity contribution in [2.75, 3.05) is 7.11 Å². The van der Waals surface area contributed by atoms with Crippen LogP contribution in [0, 0.1) is 0 Å². The van der Waals surface area contributed by atoms with Gasteiger partial charge in [0.05, 0.1) is 17.3 Å². The minimum Gasteiger partial charge on any atom is -0.497 e. The molecule has 0 saturated carbocycles. The van der Waals surface area contributed by atoms with Crippen LogP contribution >= 0.6 is 22.9 Å². The predicted octanol–water partition coefficient (Wildman–Crippen LogP) is 3.09. The van der Waals surface area contributed by atoms with Gasteiger partial charge in [-0.05, 0) is 18.2 Å². The molecule has 5 nitrogen and oxygen atoms in total. The largest absolute Gasteiger partial charge is 0.497 e. The van der Waals surface area contributed by atoms with Gasteiger partial charge in [-0.1, -0.05) is 0 Å². The van der Waals surface area contributed by atoms with Gasteiger partial charge in [-0.15, -0.1) is 33.1 Å². The van der Waals surface area contributed by atoms with Crippen LogP contribution in [0.15, 0.2) is 22.6 Å². The number of rotatable bonds is 3. The lowest BCUT2D eigenvalue weighted by Gasteiger charge is -1.96. The fourth-order valence-electron chi connectivity index (χ4n) is 1.52. The van der Waals surface area contributed by atoms with Crippen LogP contribution in [0.3, 0.4) is 0 Å². The summed E-state index contributed by atoms with van der Waals surface area (Å²) in [5.74, 6) is 1.78. The molecule has 0 unspecified atom stereocenters. The molecule has 0 amide bonds. The fourth-order valence-corrected chi connectivity index (χ4v) is 2.54. The smallest absolute Gasteiger partial charge is 0.276 e. The molecule has 0 fully saturated rings. The topological polar surface area (TPSA) is 61.0 Å². The Balaban J connectivity index is 2.07. The van der Waals surface area contributed by atoms with Gasteiger partial charge in [-0.25, -0.2) is 4.98 Å². The first-order valence-electron chi connectivity index (χ1n) is 5.13. The Bertz CT molecular complexity index is 694. The summed E-state index contributed by atoms with van der Waals surface area (Å²) in [6.45, 7) is 0. The molecule has 0 saturated heterocycles. The van der Waals surface area contributed by atoms with Gasteiger partial charge in [0.2, 0.25) is 5.89 Å². The summed E-state index contributed by atoms with van der Waals surface area (Å²) in [6.07, 6.45) is 0. The second kappa shape index (κ2) is 4.55. The van der Waals surface area contributed by atoms with Crippen molar-refractivity contribution in [1.29, 1.82) is 0 Å². The lowest BCUT2D eigenvalue weighted by Crippen LogP contribution is -1.80. The SMILES string of the molecule is COc1ccc2nc(-c3nnc(CCl)o3)sc2c1. The Morgan fingerprint density at radius 3 is 3.00 bits per heavy atom. The van der Waals surface area contributed by atoms with Gasteiger partial charge < -0.3 is 9.15 Å². The quantitative estimate of drug-likeness (QED) is 0.690. The first kappa shape index (κ1) is 11.4. The van der Waals surface area contributed by atoms with Crippen molar-refractivity contribution in [2.45, 2.75) is 5.88 Å². The third-order valence-corrected chi connectivity index (χ3v) is 3.59. The maximum atomic E-state index is 5.62. The van der Waals surface area contributed by atoms with E-state index in [2.05, 4.69) is 15.2 Å². The highest BCUT2D eigenvalue weighted by atomic mass is 35.5. The molecule has 2 aromatic heterocycles. The van der Waals surface area contributed by atoms with Crippen molar-refractivity contribution >= 4 is 33.2 Å². The van der Waals surface area contributed by atoms with E-state index in [-0.39, 0.29) is 5.88 Å². The van der Waals surface area contributed by atoms with Crippen LogP contribution in [-0.4, -0.2) is 22.3 Å². The summed E-state index contributed by atoms with van der Waals surface area (Å²) < 4.78 is 11.5. The molecule has 0 bridgehead atoms. The Morgan fingerprint density at radius 1 is 1.39 bits per heavy atom. The Kier molecular flexibility index (Phi) is 2.89. The van der Waals surface area contributed by atoms with Crippen LogP contribution in [0.5, 0.6) is 5.75 Å². The molecule has 0 aliphatic heterocycles. The Hall–Kier alpha value is -1.66. The van der Waals surface area contributed by atoms with Gasteiger partial charge in [0.1, 0.15) is 11.6 Å². The van der Waals surface area contributed by atoms with E-state index in [1.807, 2.05) is 18.2 Å². The molecule has 0 aliphatic carbocycles. The number of halogens is 1. The molecule has 0 spiro atoms. The third kappa shape index (κ3) is 1.93. The fraction of sp³-hybridized carbons (Fsp3) is 0.182. The number of ether oxygens (including phenoxy) is 1. The summed E-state index contributed by atoms with van der Waals surface area (Å²) in [7, 11) is 1.63. The number of hydrogen-bond donors (Lipinski definition) is 0. The van der Waals surface area contributed by atoms with Crippen molar-refractivity contribution in [3.8, 4) is 16.6 Å². The van der Waals surface area contributed by atoms with Gasteiger partial charge in [0.25, 0.3) is 5.89 Å². The van der Waals surface area contributed by atoms with Crippen molar-refractivity contribution in [1.82, 2.24) is 15.2 Å². The van der Waals surface area contributed by atoms with Crippen LogP contribution in [0.1, 0.15) is 5.89 Å².